The molecule has 0 fully saturated rings. The first kappa shape index (κ1) is 11.6. The van der Waals surface area contributed by atoms with Gasteiger partial charge in [-0.05, 0) is 63.4 Å². The van der Waals surface area contributed by atoms with Crippen LogP contribution in [0.4, 0.5) is 5.69 Å². The van der Waals surface area contributed by atoms with Crippen LogP contribution in [0.2, 0.25) is 0 Å². The molecule has 1 aromatic rings. The number of hydrogen-bond acceptors (Lipinski definition) is 1. The lowest BCUT2D eigenvalue weighted by Gasteiger charge is -2.09. The highest BCUT2D eigenvalue weighted by Crippen LogP contribution is 2.31. The zero-order valence-electron chi connectivity index (χ0n) is 8.12. The van der Waals surface area contributed by atoms with Crippen molar-refractivity contribution in [3.63, 3.8) is 0 Å². The summed E-state index contributed by atoms with van der Waals surface area (Å²) in [6, 6.07) is 4.15. The molecule has 0 heterocycles. The molecule has 0 unspecified atom stereocenters. The average Bonchev–Trinajstić information content (AvgIpc) is 2.09. The fourth-order valence-electron chi connectivity index (χ4n) is 1.09. The minimum atomic E-state index is 0.663. The maximum atomic E-state index is 3.51. The van der Waals surface area contributed by atoms with Crippen LogP contribution in [0.1, 0.15) is 12.5 Å². The van der Waals surface area contributed by atoms with E-state index in [2.05, 4.69) is 68.1 Å². The van der Waals surface area contributed by atoms with Gasteiger partial charge < -0.3 is 5.32 Å². The van der Waals surface area contributed by atoms with Gasteiger partial charge in [-0.15, -0.1) is 5.92 Å². The zero-order chi connectivity index (χ0) is 10.6. The first-order chi connectivity index (χ1) is 6.65. The van der Waals surface area contributed by atoms with Crippen LogP contribution in [0.5, 0.6) is 0 Å². The average molecular weight is 317 g/mol. The van der Waals surface area contributed by atoms with Crippen molar-refractivity contribution in [2.24, 2.45) is 0 Å². The smallest absolute Gasteiger partial charge is 0.0766 e. The highest BCUT2D eigenvalue weighted by Gasteiger charge is 2.04. The third-order valence-corrected chi connectivity index (χ3v) is 2.97. The summed E-state index contributed by atoms with van der Waals surface area (Å²) < 4.78 is 2.12. The highest BCUT2D eigenvalue weighted by molar-refractivity contribution is 9.11. The van der Waals surface area contributed by atoms with Gasteiger partial charge in [0.05, 0.1) is 12.2 Å². The SMILES string of the molecule is CC#CCNc1c(Br)cc(C)cc1Br. The van der Waals surface area contributed by atoms with Crippen molar-refractivity contribution in [3.8, 4) is 11.8 Å². The quantitative estimate of drug-likeness (QED) is 0.814. The predicted octanol–water partition coefficient (Wildman–Crippen LogP) is 3.96. The molecule has 14 heavy (non-hydrogen) atoms. The molecule has 1 rings (SSSR count). The summed E-state index contributed by atoms with van der Waals surface area (Å²) in [7, 11) is 0. The highest BCUT2D eigenvalue weighted by atomic mass is 79.9. The topological polar surface area (TPSA) is 12.0 Å². The molecular formula is C11H11Br2N. The van der Waals surface area contributed by atoms with Crippen molar-refractivity contribution >= 4 is 37.5 Å². The molecular weight excluding hydrogens is 306 g/mol. The molecule has 1 nitrogen and oxygen atoms in total. The Bertz CT molecular complexity index is 365. The zero-order valence-corrected chi connectivity index (χ0v) is 11.3. The van der Waals surface area contributed by atoms with Gasteiger partial charge in [-0.2, -0.15) is 0 Å². The summed E-state index contributed by atoms with van der Waals surface area (Å²) in [5.41, 5.74) is 2.27. The standard InChI is InChI=1S/C11H11Br2N/c1-3-4-5-14-11-9(12)6-8(2)7-10(11)13/h6-7,14H,5H2,1-2H3. The number of halogens is 2. The Morgan fingerprint density at radius 1 is 1.29 bits per heavy atom. The maximum absolute atomic E-state index is 3.51. The summed E-state index contributed by atoms with van der Waals surface area (Å²) in [5, 5.41) is 3.24. The molecule has 0 atom stereocenters. The molecule has 1 aromatic carbocycles. The van der Waals surface area contributed by atoms with E-state index < -0.39 is 0 Å². The number of hydrogen-bond donors (Lipinski definition) is 1. The van der Waals surface area contributed by atoms with Gasteiger partial charge in [-0.1, -0.05) is 5.92 Å². The molecule has 1 N–H and O–H groups in total. The predicted molar refractivity (Wildman–Crippen MR) is 68.5 cm³/mol. The van der Waals surface area contributed by atoms with E-state index in [1.54, 1.807) is 0 Å². The fourth-order valence-corrected chi connectivity index (χ4v) is 2.79. The lowest BCUT2D eigenvalue weighted by molar-refractivity contribution is 1.33. The van der Waals surface area contributed by atoms with E-state index in [-0.39, 0.29) is 0 Å². The van der Waals surface area contributed by atoms with E-state index in [1.165, 1.54) is 5.56 Å². The Morgan fingerprint density at radius 2 is 1.86 bits per heavy atom. The molecule has 0 bridgehead atoms. The molecule has 0 spiro atoms. The monoisotopic (exact) mass is 315 g/mol. The van der Waals surface area contributed by atoms with Crippen LogP contribution in [0.25, 0.3) is 0 Å². The van der Waals surface area contributed by atoms with E-state index in [9.17, 15) is 0 Å². The van der Waals surface area contributed by atoms with Crippen LogP contribution in [-0.4, -0.2) is 6.54 Å². The Balaban J connectivity index is 2.89. The van der Waals surface area contributed by atoms with Gasteiger partial charge in [-0.25, -0.2) is 0 Å². The summed E-state index contributed by atoms with van der Waals surface area (Å²) in [5.74, 6) is 5.81. The van der Waals surface area contributed by atoms with E-state index >= 15 is 0 Å². The van der Waals surface area contributed by atoms with Crippen molar-refractivity contribution in [2.75, 3.05) is 11.9 Å². The maximum Gasteiger partial charge on any atom is 0.0766 e. The number of anilines is 1. The van der Waals surface area contributed by atoms with Crippen LogP contribution in [0.15, 0.2) is 21.1 Å². The van der Waals surface area contributed by atoms with Gasteiger partial charge >= 0.3 is 0 Å². The molecule has 74 valence electrons. The lowest BCUT2D eigenvalue weighted by Crippen LogP contribution is -2.00. The number of aryl methyl sites for hydroxylation is 1. The molecule has 0 aliphatic heterocycles. The van der Waals surface area contributed by atoms with Gasteiger partial charge in [0.2, 0.25) is 0 Å². The number of rotatable bonds is 2. The van der Waals surface area contributed by atoms with Gasteiger partial charge in [0.1, 0.15) is 0 Å². The van der Waals surface area contributed by atoms with Gasteiger partial charge in [0.25, 0.3) is 0 Å². The summed E-state index contributed by atoms with van der Waals surface area (Å²) >= 11 is 7.02. The van der Waals surface area contributed by atoms with E-state index in [0.717, 1.165) is 14.6 Å². The van der Waals surface area contributed by atoms with Crippen molar-refractivity contribution in [3.05, 3.63) is 26.6 Å². The minimum Gasteiger partial charge on any atom is -0.372 e. The third-order valence-electron chi connectivity index (χ3n) is 1.72. The van der Waals surface area contributed by atoms with Crippen molar-refractivity contribution in [1.29, 1.82) is 0 Å². The van der Waals surface area contributed by atoms with Gasteiger partial charge in [0.15, 0.2) is 0 Å². The first-order valence-electron chi connectivity index (χ1n) is 4.24. The normalized spacial score (nSPS) is 9.14. The molecule has 0 aromatic heterocycles. The molecule has 0 saturated carbocycles. The van der Waals surface area contributed by atoms with E-state index in [1.807, 2.05) is 6.92 Å². The van der Waals surface area contributed by atoms with Crippen LogP contribution in [0, 0.1) is 18.8 Å². The Morgan fingerprint density at radius 3 is 2.36 bits per heavy atom. The molecule has 0 aliphatic rings. The van der Waals surface area contributed by atoms with Crippen molar-refractivity contribution in [1.82, 2.24) is 0 Å². The summed E-state index contributed by atoms with van der Waals surface area (Å²) in [4.78, 5) is 0. The molecule has 0 aliphatic carbocycles. The Hall–Kier alpha value is -0.460. The number of benzene rings is 1. The van der Waals surface area contributed by atoms with Crippen LogP contribution in [0.3, 0.4) is 0 Å². The Labute approximate surface area is 102 Å². The third kappa shape index (κ3) is 3.04. The largest absolute Gasteiger partial charge is 0.372 e. The van der Waals surface area contributed by atoms with Gasteiger partial charge in [-0.3, -0.25) is 0 Å². The Kier molecular flexibility index (Phi) is 4.50. The molecule has 3 heteroatoms. The van der Waals surface area contributed by atoms with E-state index in [4.69, 9.17) is 0 Å². The fraction of sp³-hybridized carbons (Fsp3) is 0.273. The summed E-state index contributed by atoms with van der Waals surface area (Å²) in [6.45, 7) is 4.56. The second-order valence-electron chi connectivity index (χ2n) is 2.88. The van der Waals surface area contributed by atoms with Gasteiger partial charge in [0, 0.05) is 8.95 Å². The molecule has 0 amide bonds. The molecule has 0 radical (unpaired) electrons. The minimum absolute atomic E-state index is 0.663. The van der Waals surface area contributed by atoms with Crippen molar-refractivity contribution in [2.45, 2.75) is 13.8 Å². The van der Waals surface area contributed by atoms with Crippen LogP contribution >= 0.6 is 31.9 Å². The second-order valence-corrected chi connectivity index (χ2v) is 4.59. The number of nitrogens with one attached hydrogen (secondary N) is 1. The summed E-state index contributed by atoms with van der Waals surface area (Å²) in [6.07, 6.45) is 0. The first-order valence-corrected chi connectivity index (χ1v) is 5.83. The van der Waals surface area contributed by atoms with Crippen LogP contribution < -0.4 is 5.32 Å². The molecule has 0 saturated heterocycles. The van der Waals surface area contributed by atoms with E-state index in [0.29, 0.717) is 6.54 Å². The second kappa shape index (κ2) is 5.43. The lowest BCUT2D eigenvalue weighted by atomic mass is 10.2. The van der Waals surface area contributed by atoms with Crippen molar-refractivity contribution < 1.29 is 0 Å². The van der Waals surface area contributed by atoms with Crippen LogP contribution in [-0.2, 0) is 0 Å².